The lowest BCUT2D eigenvalue weighted by Crippen LogP contribution is -2.34. The van der Waals surface area contributed by atoms with Crippen LogP contribution in [0, 0.1) is 0 Å². The molecule has 1 atom stereocenters. The molecular formula is C20H22N2O3S2. The first kappa shape index (κ1) is 19.7. The second kappa shape index (κ2) is 7.90. The van der Waals surface area contributed by atoms with Gasteiger partial charge in [0.15, 0.2) is 5.78 Å². The Hall–Kier alpha value is -2.06. The lowest BCUT2D eigenvalue weighted by atomic mass is 10.1. The number of thiophene rings is 1. The van der Waals surface area contributed by atoms with Crippen LogP contribution < -0.4 is 4.72 Å². The third-order valence-corrected chi connectivity index (χ3v) is 6.95. The molecule has 1 N–H and O–H groups in total. The van der Waals surface area contributed by atoms with Gasteiger partial charge in [0.1, 0.15) is 0 Å². The fourth-order valence-electron chi connectivity index (χ4n) is 2.97. The van der Waals surface area contributed by atoms with Gasteiger partial charge in [-0.05, 0) is 55.5 Å². The average Bonchev–Trinajstić information content (AvgIpc) is 3.05. The predicted octanol–water partition coefficient (Wildman–Crippen LogP) is 3.69. The summed E-state index contributed by atoms with van der Waals surface area (Å²) in [4.78, 5) is 13.5. The minimum absolute atomic E-state index is 0.0904. The van der Waals surface area contributed by atoms with Gasteiger partial charge in [-0.15, -0.1) is 11.3 Å². The zero-order valence-corrected chi connectivity index (χ0v) is 17.1. The molecule has 0 amide bonds. The van der Waals surface area contributed by atoms with Crippen molar-refractivity contribution in [2.45, 2.75) is 17.9 Å². The fourth-order valence-corrected chi connectivity index (χ4v) is 5.01. The SMILES string of the molecule is CC(=O)c1ccc(S(=O)(=O)NCC(c2csc3ccccc23)N(C)C)cc1. The number of hydrogen-bond donors (Lipinski definition) is 1. The second-order valence-electron chi connectivity index (χ2n) is 6.60. The van der Waals surface area contributed by atoms with E-state index in [1.807, 2.05) is 31.1 Å². The molecular weight excluding hydrogens is 380 g/mol. The van der Waals surface area contributed by atoms with Crippen molar-refractivity contribution < 1.29 is 13.2 Å². The van der Waals surface area contributed by atoms with Crippen LogP contribution in [0.15, 0.2) is 58.8 Å². The summed E-state index contributed by atoms with van der Waals surface area (Å²) in [5, 5.41) is 3.23. The highest BCUT2D eigenvalue weighted by Gasteiger charge is 2.22. The minimum Gasteiger partial charge on any atom is -0.301 e. The quantitative estimate of drug-likeness (QED) is 0.612. The highest BCUT2D eigenvalue weighted by molar-refractivity contribution is 7.89. The Morgan fingerprint density at radius 1 is 1.11 bits per heavy atom. The van der Waals surface area contributed by atoms with Crippen LogP contribution in [-0.4, -0.2) is 39.7 Å². The number of rotatable bonds is 7. The van der Waals surface area contributed by atoms with Crippen LogP contribution in [0.2, 0.25) is 0 Å². The number of ketones is 1. The van der Waals surface area contributed by atoms with E-state index in [9.17, 15) is 13.2 Å². The molecule has 0 aliphatic carbocycles. The van der Waals surface area contributed by atoms with Crippen LogP contribution in [0.1, 0.15) is 28.9 Å². The maximum atomic E-state index is 12.7. The highest BCUT2D eigenvalue weighted by Crippen LogP contribution is 2.32. The largest absolute Gasteiger partial charge is 0.301 e. The zero-order chi connectivity index (χ0) is 19.6. The van der Waals surface area contributed by atoms with Crippen molar-refractivity contribution in [3.63, 3.8) is 0 Å². The summed E-state index contributed by atoms with van der Waals surface area (Å²) in [6.07, 6.45) is 0. The maximum Gasteiger partial charge on any atom is 0.240 e. The summed E-state index contributed by atoms with van der Waals surface area (Å²) < 4.78 is 29.2. The maximum absolute atomic E-state index is 12.7. The molecule has 0 aliphatic rings. The molecule has 1 aromatic heterocycles. The number of sulfonamides is 1. The first-order valence-corrected chi connectivity index (χ1v) is 10.9. The van der Waals surface area contributed by atoms with Gasteiger partial charge in [-0.1, -0.05) is 30.3 Å². The Balaban J connectivity index is 1.82. The number of nitrogens with zero attached hydrogens (tertiary/aromatic N) is 1. The Morgan fingerprint density at radius 2 is 1.78 bits per heavy atom. The van der Waals surface area contributed by atoms with Crippen molar-refractivity contribution in [2.75, 3.05) is 20.6 Å². The van der Waals surface area contributed by atoms with Crippen LogP contribution in [-0.2, 0) is 10.0 Å². The van der Waals surface area contributed by atoms with Crippen LogP contribution >= 0.6 is 11.3 Å². The first-order chi connectivity index (χ1) is 12.8. The highest BCUT2D eigenvalue weighted by atomic mass is 32.2. The predicted molar refractivity (Wildman–Crippen MR) is 110 cm³/mol. The van der Waals surface area contributed by atoms with E-state index in [1.165, 1.54) is 35.9 Å². The van der Waals surface area contributed by atoms with Crippen LogP contribution in [0.5, 0.6) is 0 Å². The molecule has 0 radical (unpaired) electrons. The van der Waals surface area contributed by atoms with Gasteiger partial charge in [0.2, 0.25) is 10.0 Å². The number of nitrogens with one attached hydrogen (secondary N) is 1. The van der Waals surface area contributed by atoms with Crippen molar-refractivity contribution in [3.05, 3.63) is 65.0 Å². The lowest BCUT2D eigenvalue weighted by Gasteiger charge is -2.24. The van der Waals surface area contributed by atoms with Gasteiger partial charge >= 0.3 is 0 Å². The molecule has 1 unspecified atom stereocenters. The zero-order valence-electron chi connectivity index (χ0n) is 15.5. The van der Waals surface area contributed by atoms with Gasteiger partial charge in [-0.2, -0.15) is 0 Å². The smallest absolute Gasteiger partial charge is 0.240 e. The molecule has 0 fully saturated rings. The van der Waals surface area contributed by atoms with E-state index >= 15 is 0 Å². The molecule has 0 saturated heterocycles. The van der Waals surface area contributed by atoms with Gasteiger partial charge in [0.05, 0.1) is 4.90 Å². The van der Waals surface area contributed by atoms with Gasteiger partial charge in [0.25, 0.3) is 0 Å². The number of fused-ring (bicyclic) bond motifs is 1. The van der Waals surface area contributed by atoms with E-state index in [0.717, 1.165) is 10.9 Å². The van der Waals surface area contributed by atoms with Crippen LogP contribution in [0.3, 0.4) is 0 Å². The summed E-state index contributed by atoms with van der Waals surface area (Å²) in [6, 6.07) is 14.0. The van der Waals surface area contributed by atoms with E-state index in [-0.39, 0.29) is 23.3 Å². The van der Waals surface area contributed by atoms with Crippen molar-refractivity contribution in [2.24, 2.45) is 0 Å². The number of Topliss-reactive ketones (excluding diaryl/α,β-unsaturated/α-hetero) is 1. The van der Waals surface area contributed by atoms with E-state index in [2.05, 4.69) is 22.2 Å². The molecule has 142 valence electrons. The molecule has 3 aromatic rings. The summed E-state index contributed by atoms with van der Waals surface area (Å²) in [5.41, 5.74) is 1.60. The van der Waals surface area contributed by atoms with Gasteiger partial charge in [-0.3, -0.25) is 4.79 Å². The topological polar surface area (TPSA) is 66.5 Å². The monoisotopic (exact) mass is 402 g/mol. The standard InChI is InChI=1S/C20H22N2O3S2/c1-14(23)15-8-10-16(11-9-15)27(24,25)21-12-19(22(2)3)18-13-26-20-7-5-4-6-17(18)20/h4-11,13,19,21H,12H2,1-3H3. The average molecular weight is 403 g/mol. The molecule has 7 heteroatoms. The molecule has 0 bridgehead atoms. The second-order valence-corrected chi connectivity index (χ2v) is 9.28. The number of benzene rings is 2. The molecule has 0 saturated carbocycles. The summed E-state index contributed by atoms with van der Waals surface area (Å²) in [5.74, 6) is -0.0936. The van der Waals surface area contributed by atoms with Crippen LogP contribution in [0.25, 0.3) is 10.1 Å². The fraction of sp³-hybridized carbons (Fsp3) is 0.250. The third-order valence-electron chi connectivity index (χ3n) is 4.53. The summed E-state index contributed by atoms with van der Waals surface area (Å²) >= 11 is 1.66. The Kier molecular flexibility index (Phi) is 5.76. The molecule has 3 rings (SSSR count). The van der Waals surface area contributed by atoms with E-state index in [4.69, 9.17) is 0 Å². The summed E-state index contributed by atoms with van der Waals surface area (Å²) in [7, 11) is 0.215. The van der Waals surface area contributed by atoms with Crippen LogP contribution in [0.4, 0.5) is 0 Å². The Morgan fingerprint density at radius 3 is 2.41 bits per heavy atom. The van der Waals surface area contributed by atoms with Crippen molar-refractivity contribution >= 4 is 37.2 Å². The molecule has 5 nitrogen and oxygen atoms in total. The van der Waals surface area contributed by atoms with Crippen molar-refractivity contribution in [3.8, 4) is 0 Å². The minimum atomic E-state index is -3.66. The number of likely N-dealkylation sites (N-methyl/N-ethyl adjacent to an activating group) is 1. The molecule has 0 spiro atoms. The molecule has 1 heterocycles. The lowest BCUT2D eigenvalue weighted by molar-refractivity contribution is 0.101. The molecule has 27 heavy (non-hydrogen) atoms. The first-order valence-electron chi connectivity index (χ1n) is 8.53. The normalized spacial score (nSPS) is 13.2. The molecule has 2 aromatic carbocycles. The number of carbonyl (C=O) groups is 1. The van der Waals surface area contributed by atoms with Gasteiger partial charge in [0, 0.05) is 22.8 Å². The van der Waals surface area contributed by atoms with Crippen molar-refractivity contribution in [1.82, 2.24) is 9.62 Å². The van der Waals surface area contributed by atoms with E-state index in [0.29, 0.717) is 5.56 Å². The van der Waals surface area contributed by atoms with E-state index in [1.54, 1.807) is 11.3 Å². The van der Waals surface area contributed by atoms with Gasteiger partial charge < -0.3 is 4.90 Å². The summed E-state index contributed by atoms with van der Waals surface area (Å²) in [6.45, 7) is 1.71. The number of carbonyl (C=O) groups excluding carboxylic acids is 1. The van der Waals surface area contributed by atoms with Crippen molar-refractivity contribution in [1.29, 1.82) is 0 Å². The van der Waals surface area contributed by atoms with Gasteiger partial charge in [-0.25, -0.2) is 13.1 Å². The Labute approximate surface area is 163 Å². The third kappa shape index (κ3) is 4.27. The Bertz CT molecular complexity index is 1050. The van der Waals surface area contributed by atoms with E-state index < -0.39 is 10.0 Å². The number of hydrogen-bond acceptors (Lipinski definition) is 5. The molecule has 0 aliphatic heterocycles.